The highest BCUT2D eigenvalue weighted by Gasteiger charge is 2.15. The van der Waals surface area contributed by atoms with Gasteiger partial charge in [-0.05, 0) is 28.4 Å². The highest BCUT2D eigenvalue weighted by Crippen LogP contribution is 2.24. The van der Waals surface area contributed by atoms with Crippen molar-refractivity contribution in [2.45, 2.75) is 59.5 Å². The molecule has 0 aliphatic rings. The monoisotopic (exact) mass is 278 g/mol. The molecule has 1 atom stereocenters. The van der Waals surface area contributed by atoms with E-state index in [-0.39, 0.29) is 10.8 Å². The molecule has 114 valence electrons. The van der Waals surface area contributed by atoms with Gasteiger partial charge in [-0.2, -0.15) is 0 Å². The molecule has 0 amide bonds. The van der Waals surface area contributed by atoms with Gasteiger partial charge in [0.15, 0.2) is 0 Å². The zero-order chi connectivity index (χ0) is 15.4. The molecule has 0 aliphatic carbocycles. The Bertz CT molecular complexity index is 393. The molecule has 0 aromatic heterocycles. The second kappa shape index (κ2) is 6.73. The molecule has 1 aromatic rings. The maximum Gasteiger partial charge on any atom is 0.102 e. The Kier molecular flexibility index (Phi) is 5.79. The van der Waals surface area contributed by atoms with E-state index in [1.165, 1.54) is 5.56 Å². The van der Waals surface area contributed by atoms with Crippen LogP contribution < -0.4 is 0 Å². The van der Waals surface area contributed by atoms with Crippen LogP contribution in [0.4, 0.5) is 0 Å². The summed E-state index contributed by atoms with van der Waals surface area (Å²) >= 11 is 0. The summed E-state index contributed by atoms with van der Waals surface area (Å²) in [7, 11) is 0. The summed E-state index contributed by atoms with van der Waals surface area (Å²) in [6.07, 6.45) is 0.465. The number of hydrogen-bond donors (Lipinski definition) is 1. The summed E-state index contributed by atoms with van der Waals surface area (Å²) in [5.41, 5.74) is 2.63. The van der Waals surface area contributed by atoms with Crippen LogP contribution in [0.2, 0.25) is 0 Å². The minimum absolute atomic E-state index is 0.146. The van der Waals surface area contributed by atoms with Crippen LogP contribution in [0, 0.1) is 5.41 Å². The van der Waals surface area contributed by atoms with Crippen LogP contribution in [0.3, 0.4) is 0 Å². The fourth-order valence-electron chi connectivity index (χ4n) is 1.87. The fourth-order valence-corrected chi connectivity index (χ4v) is 1.87. The molecular weight excluding hydrogens is 248 g/mol. The topological polar surface area (TPSA) is 29.5 Å². The first kappa shape index (κ1) is 17.2. The lowest BCUT2D eigenvalue weighted by atomic mass is 9.86. The molecule has 0 saturated heterocycles. The Balaban J connectivity index is 2.46. The summed E-state index contributed by atoms with van der Waals surface area (Å²) in [6, 6.07) is 8.18. The third-order valence-corrected chi connectivity index (χ3v) is 3.43. The molecule has 0 bridgehead atoms. The number of aliphatic hydroxyl groups is 1. The quantitative estimate of drug-likeness (QED) is 0.805. The van der Waals surface area contributed by atoms with Crippen LogP contribution in [0.25, 0.3) is 0 Å². The Morgan fingerprint density at radius 1 is 1.00 bits per heavy atom. The molecule has 0 heterocycles. The standard InChI is InChI=1S/C18H30O2/c1-17(2,3)11-12-20-13-16(19)14-7-9-15(10-8-14)18(4,5)6/h7-10,16,19H,11-13H2,1-6H3. The molecule has 1 rings (SSSR count). The summed E-state index contributed by atoms with van der Waals surface area (Å²) in [4.78, 5) is 0. The SMILES string of the molecule is CC(C)(C)CCOCC(O)c1ccc(C(C)(C)C)cc1. The van der Waals surface area contributed by atoms with Crippen molar-refractivity contribution in [1.29, 1.82) is 0 Å². The zero-order valence-corrected chi connectivity index (χ0v) is 13.9. The molecule has 2 nitrogen and oxygen atoms in total. The summed E-state index contributed by atoms with van der Waals surface area (Å²) in [6.45, 7) is 14.2. The van der Waals surface area contributed by atoms with Gasteiger partial charge in [-0.3, -0.25) is 0 Å². The van der Waals surface area contributed by atoms with Gasteiger partial charge in [0.25, 0.3) is 0 Å². The van der Waals surface area contributed by atoms with Crippen LogP contribution in [-0.4, -0.2) is 18.3 Å². The van der Waals surface area contributed by atoms with E-state index in [9.17, 15) is 5.11 Å². The van der Waals surface area contributed by atoms with Gasteiger partial charge in [0.05, 0.1) is 6.61 Å². The van der Waals surface area contributed by atoms with E-state index in [1.54, 1.807) is 0 Å². The Hall–Kier alpha value is -0.860. The lowest BCUT2D eigenvalue weighted by Gasteiger charge is -2.21. The smallest absolute Gasteiger partial charge is 0.102 e. The summed E-state index contributed by atoms with van der Waals surface area (Å²) < 4.78 is 5.57. The minimum Gasteiger partial charge on any atom is -0.386 e. The van der Waals surface area contributed by atoms with Gasteiger partial charge >= 0.3 is 0 Å². The van der Waals surface area contributed by atoms with Gasteiger partial charge in [0.1, 0.15) is 6.10 Å². The van der Waals surface area contributed by atoms with Crippen LogP contribution in [-0.2, 0) is 10.2 Å². The molecule has 0 fully saturated rings. The Morgan fingerprint density at radius 2 is 1.55 bits per heavy atom. The number of hydrogen-bond acceptors (Lipinski definition) is 2. The van der Waals surface area contributed by atoms with Crippen molar-refractivity contribution in [3.63, 3.8) is 0 Å². The van der Waals surface area contributed by atoms with Crippen LogP contribution in [0.5, 0.6) is 0 Å². The normalized spacial score (nSPS) is 14.3. The maximum atomic E-state index is 10.1. The van der Waals surface area contributed by atoms with E-state index in [0.29, 0.717) is 13.2 Å². The molecule has 1 unspecified atom stereocenters. The average molecular weight is 278 g/mol. The first-order chi connectivity index (χ1) is 9.09. The van der Waals surface area contributed by atoms with Crippen molar-refractivity contribution in [2.75, 3.05) is 13.2 Å². The highest BCUT2D eigenvalue weighted by atomic mass is 16.5. The molecule has 1 N–H and O–H groups in total. The van der Waals surface area contributed by atoms with Gasteiger partial charge in [-0.15, -0.1) is 0 Å². The number of rotatable bonds is 5. The highest BCUT2D eigenvalue weighted by molar-refractivity contribution is 5.28. The van der Waals surface area contributed by atoms with E-state index in [4.69, 9.17) is 4.74 Å². The van der Waals surface area contributed by atoms with Gasteiger partial charge in [-0.1, -0.05) is 65.8 Å². The predicted molar refractivity (Wildman–Crippen MR) is 85.0 cm³/mol. The molecule has 1 aromatic carbocycles. The van der Waals surface area contributed by atoms with E-state index < -0.39 is 6.10 Å². The van der Waals surface area contributed by atoms with E-state index in [1.807, 2.05) is 12.1 Å². The van der Waals surface area contributed by atoms with Crippen LogP contribution in [0.15, 0.2) is 24.3 Å². The zero-order valence-electron chi connectivity index (χ0n) is 13.9. The Labute approximate surface area is 124 Å². The van der Waals surface area contributed by atoms with Crippen molar-refractivity contribution in [2.24, 2.45) is 5.41 Å². The Morgan fingerprint density at radius 3 is 2.00 bits per heavy atom. The van der Waals surface area contributed by atoms with Crippen molar-refractivity contribution < 1.29 is 9.84 Å². The predicted octanol–water partition coefficient (Wildman–Crippen LogP) is 4.47. The fraction of sp³-hybridized carbons (Fsp3) is 0.667. The molecule has 0 radical (unpaired) electrons. The third kappa shape index (κ3) is 6.06. The lowest BCUT2D eigenvalue weighted by molar-refractivity contribution is 0.0263. The average Bonchev–Trinajstić information content (AvgIpc) is 2.32. The van der Waals surface area contributed by atoms with Crippen molar-refractivity contribution >= 4 is 0 Å². The first-order valence-electron chi connectivity index (χ1n) is 7.46. The van der Waals surface area contributed by atoms with Gasteiger partial charge in [0.2, 0.25) is 0 Å². The molecule has 2 heteroatoms. The van der Waals surface area contributed by atoms with Crippen molar-refractivity contribution in [3.8, 4) is 0 Å². The van der Waals surface area contributed by atoms with Gasteiger partial charge < -0.3 is 9.84 Å². The van der Waals surface area contributed by atoms with E-state index >= 15 is 0 Å². The molecule has 20 heavy (non-hydrogen) atoms. The van der Waals surface area contributed by atoms with Crippen molar-refractivity contribution in [3.05, 3.63) is 35.4 Å². The van der Waals surface area contributed by atoms with E-state index in [2.05, 4.69) is 53.7 Å². The largest absolute Gasteiger partial charge is 0.386 e. The van der Waals surface area contributed by atoms with Crippen molar-refractivity contribution in [1.82, 2.24) is 0 Å². The van der Waals surface area contributed by atoms with Gasteiger partial charge in [-0.25, -0.2) is 0 Å². The second-order valence-corrected chi connectivity index (χ2v) is 7.77. The first-order valence-corrected chi connectivity index (χ1v) is 7.46. The second-order valence-electron chi connectivity index (χ2n) is 7.77. The van der Waals surface area contributed by atoms with Crippen LogP contribution in [0.1, 0.15) is 65.2 Å². The van der Waals surface area contributed by atoms with Crippen LogP contribution >= 0.6 is 0 Å². The summed E-state index contributed by atoms with van der Waals surface area (Å²) in [5, 5.41) is 10.1. The molecular formula is C18H30O2. The molecule has 0 aliphatic heterocycles. The molecule has 0 saturated carbocycles. The number of ether oxygens (including phenoxy) is 1. The third-order valence-electron chi connectivity index (χ3n) is 3.43. The number of benzene rings is 1. The number of aliphatic hydroxyl groups excluding tert-OH is 1. The van der Waals surface area contributed by atoms with E-state index in [0.717, 1.165) is 12.0 Å². The minimum atomic E-state index is -0.538. The lowest BCUT2D eigenvalue weighted by Crippen LogP contribution is -2.14. The van der Waals surface area contributed by atoms with Gasteiger partial charge in [0, 0.05) is 6.61 Å². The molecule has 0 spiro atoms. The maximum absolute atomic E-state index is 10.1. The summed E-state index contributed by atoms with van der Waals surface area (Å²) in [5.74, 6) is 0.